The normalized spacial score (nSPS) is 19.4. The molecule has 1 atom stereocenters. The van der Waals surface area contributed by atoms with Crippen molar-refractivity contribution in [2.45, 2.75) is 32.4 Å². The zero-order valence-corrected chi connectivity index (χ0v) is 10.8. The summed E-state index contributed by atoms with van der Waals surface area (Å²) in [7, 11) is 0. The Bertz CT molecular complexity index is 428. The van der Waals surface area contributed by atoms with Gasteiger partial charge in [-0.05, 0) is 44.8 Å². The van der Waals surface area contributed by atoms with Crippen LogP contribution < -0.4 is 5.73 Å². The van der Waals surface area contributed by atoms with Crippen LogP contribution in [0.2, 0.25) is 0 Å². The van der Waals surface area contributed by atoms with Crippen LogP contribution in [-0.2, 0) is 6.54 Å². The van der Waals surface area contributed by atoms with Gasteiger partial charge in [0.25, 0.3) is 0 Å². The van der Waals surface area contributed by atoms with Gasteiger partial charge in [0.1, 0.15) is 11.8 Å². The smallest absolute Gasteiger partial charge is 0.144 e. The number of piperidine rings is 1. The highest BCUT2D eigenvalue weighted by atomic mass is 15.1. The van der Waals surface area contributed by atoms with Gasteiger partial charge in [-0.25, -0.2) is 4.98 Å². The van der Waals surface area contributed by atoms with Crippen molar-refractivity contribution < 1.29 is 0 Å². The van der Waals surface area contributed by atoms with Crippen LogP contribution in [0.5, 0.6) is 0 Å². The van der Waals surface area contributed by atoms with Crippen molar-refractivity contribution in [1.82, 2.24) is 9.88 Å². The van der Waals surface area contributed by atoms with Crippen molar-refractivity contribution in [2.75, 3.05) is 13.1 Å². The lowest BCUT2D eigenvalue weighted by Gasteiger charge is -2.33. The van der Waals surface area contributed by atoms with E-state index in [1.165, 1.54) is 0 Å². The molecule has 4 nitrogen and oxygen atoms in total. The first kappa shape index (κ1) is 13.0. The molecule has 0 amide bonds. The number of nitrogens with two attached hydrogens (primary N) is 1. The van der Waals surface area contributed by atoms with Crippen LogP contribution in [0.4, 0.5) is 0 Å². The average Bonchev–Trinajstić information content (AvgIpc) is 2.40. The molecule has 1 fully saturated rings. The molecule has 1 saturated heterocycles. The fourth-order valence-electron chi connectivity index (χ4n) is 2.54. The van der Waals surface area contributed by atoms with Gasteiger partial charge < -0.3 is 5.73 Å². The highest BCUT2D eigenvalue weighted by Gasteiger charge is 2.22. The van der Waals surface area contributed by atoms with E-state index >= 15 is 0 Å². The lowest BCUT2D eigenvalue weighted by Crippen LogP contribution is -2.39. The summed E-state index contributed by atoms with van der Waals surface area (Å²) >= 11 is 0. The van der Waals surface area contributed by atoms with Gasteiger partial charge in [0.15, 0.2) is 0 Å². The SMILES string of the molecule is CC(N)C1CCN(Cc2cccnc2C#N)CC1. The van der Waals surface area contributed by atoms with Crippen LogP contribution in [0.15, 0.2) is 18.3 Å². The van der Waals surface area contributed by atoms with Gasteiger partial charge in [-0.2, -0.15) is 5.26 Å². The first-order valence-corrected chi connectivity index (χ1v) is 6.52. The van der Waals surface area contributed by atoms with Gasteiger partial charge >= 0.3 is 0 Å². The zero-order chi connectivity index (χ0) is 13.0. The first-order valence-electron chi connectivity index (χ1n) is 6.52. The number of aromatic nitrogens is 1. The quantitative estimate of drug-likeness (QED) is 0.875. The first-order chi connectivity index (χ1) is 8.70. The van der Waals surface area contributed by atoms with Crippen LogP contribution in [0.3, 0.4) is 0 Å². The van der Waals surface area contributed by atoms with Gasteiger partial charge in [0.2, 0.25) is 0 Å². The predicted octanol–water partition coefficient (Wildman–Crippen LogP) is 1.51. The van der Waals surface area contributed by atoms with Gasteiger partial charge in [0, 0.05) is 24.3 Å². The van der Waals surface area contributed by atoms with Crippen LogP contribution in [-0.4, -0.2) is 29.0 Å². The van der Waals surface area contributed by atoms with E-state index in [1.807, 2.05) is 12.1 Å². The fourth-order valence-corrected chi connectivity index (χ4v) is 2.54. The molecule has 4 heteroatoms. The molecule has 1 aromatic rings. The molecule has 18 heavy (non-hydrogen) atoms. The third-order valence-corrected chi connectivity index (χ3v) is 3.77. The van der Waals surface area contributed by atoms with E-state index < -0.39 is 0 Å². The summed E-state index contributed by atoms with van der Waals surface area (Å²) < 4.78 is 0. The molecule has 1 aliphatic rings. The van der Waals surface area contributed by atoms with Crippen LogP contribution in [0.1, 0.15) is 31.0 Å². The van der Waals surface area contributed by atoms with Gasteiger partial charge in [-0.15, -0.1) is 0 Å². The molecular weight excluding hydrogens is 224 g/mol. The van der Waals surface area contributed by atoms with Gasteiger partial charge in [0.05, 0.1) is 0 Å². The summed E-state index contributed by atoms with van der Waals surface area (Å²) in [6, 6.07) is 6.33. The molecule has 0 bridgehead atoms. The maximum absolute atomic E-state index is 9.02. The molecule has 0 saturated carbocycles. The summed E-state index contributed by atoms with van der Waals surface area (Å²) in [5.41, 5.74) is 7.51. The summed E-state index contributed by atoms with van der Waals surface area (Å²) in [5.74, 6) is 0.644. The number of nitrogens with zero attached hydrogens (tertiary/aromatic N) is 3. The lowest BCUT2D eigenvalue weighted by atomic mass is 9.91. The minimum Gasteiger partial charge on any atom is -0.328 e. The molecule has 0 radical (unpaired) electrons. The minimum absolute atomic E-state index is 0.292. The predicted molar refractivity (Wildman–Crippen MR) is 70.6 cm³/mol. The maximum Gasteiger partial charge on any atom is 0.144 e. The number of pyridine rings is 1. The second-order valence-corrected chi connectivity index (χ2v) is 5.10. The lowest BCUT2D eigenvalue weighted by molar-refractivity contribution is 0.165. The molecule has 2 N–H and O–H groups in total. The van der Waals surface area contributed by atoms with Crippen molar-refractivity contribution in [3.05, 3.63) is 29.6 Å². The Hall–Kier alpha value is -1.44. The Labute approximate surface area is 108 Å². The summed E-state index contributed by atoms with van der Waals surface area (Å²) in [6.07, 6.45) is 3.98. The largest absolute Gasteiger partial charge is 0.328 e. The highest BCUT2D eigenvalue weighted by Crippen LogP contribution is 2.21. The third-order valence-electron chi connectivity index (χ3n) is 3.77. The molecular formula is C14H20N4. The topological polar surface area (TPSA) is 65.9 Å². The van der Waals surface area contributed by atoms with Crippen LogP contribution in [0.25, 0.3) is 0 Å². The van der Waals surface area contributed by atoms with Crippen molar-refractivity contribution in [1.29, 1.82) is 5.26 Å². The monoisotopic (exact) mass is 244 g/mol. The average molecular weight is 244 g/mol. The summed E-state index contributed by atoms with van der Waals surface area (Å²) in [6.45, 7) is 5.04. The Morgan fingerprint density at radius 1 is 1.56 bits per heavy atom. The van der Waals surface area contributed by atoms with E-state index in [0.29, 0.717) is 17.7 Å². The Morgan fingerprint density at radius 3 is 2.89 bits per heavy atom. The fraction of sp³-hybridized carbons (Fsp3) is 0.571. The van der Waals surface area contributed by atoms with Crippen molar-refractivity contribution >= 4 is 0 Å². The molecule has 0 aliphatic carbocycles. The number of likely N-dealkylation sites (tertiary alicyclic amines) is 1. The maximum atomic E-state index is 9.02. The number of rotatable bonds is 3. The second-order valence-electron chi connectivity index (χ2n) is 5.10. The minimum atomic E-state index is 0.292. The van der Waals surface area contributed by atoms with Crippen LogP contribution >= 0.6 is 0 Å². The standard InChI is InChI=1S/C14H20N4/c1-11(16)12-4-7-18(8-5-12)10-13-3-2-6-17-14(13)9-15/h2-3,6,11-12H,4-5,7-8,10,16H2,1H3. The van der Waals surface area contributed by atoms with E-state index in [-0.39, 0.29) is 0 Å². The molecule has 1 unspecified atom stereocenters. The molecule has 1 aliphatic heterocycles. The highest BCUT2D eigenvalue weighted by molar-refractivity contribution is 5.30. The molecule has 1 aromatic heterocycles. The Kier molecular flexibility index (Phi) is 4.29. The van der Waals surface area contributed by atoms with E-state index in [0.717, 1.165) is 38.0 Å². The van der Waals surface area contributed by atoms with Gasteiger partial charge in [-0.3, -0.25) is 4.90 Å². The van der Waals surface area contributed by atoms with Crippen molar-refractivity contribution in [3.8, 4) is 6.07 Å². The molecule has 2 heterocycles. The second kappa shape index (κ2) is 5.94. The van der Waals surface area contributed by atoms with E-state index in [4.69, 9.17) is 11.0 Å². The Balaban J connectivity index is 1.94. The third kappa shape index (κ3) is 3.06. The number of nitriles is 1. The molecule has 0 aromatic carbocycles. The molecule has 2 rings (SSSR count). The zero-order valence-electron chi connectivity index (χ0n) is 10.8. The summed E-state index contributed by atoms with van der Waals surface area (Å²) in [4.78, 5) is 6.48. The number of hydrogen-bond acceptors (Lipinski definition) is 4. The summed E-state index contributed by atoms with van der Waals surface area (Å²) in [5, 5.41) is 9.02. The van der Waals surface area contributed by atoms with E-state index in [9.17, 15) is 0 Å². The molecule has 0 spiro atoms. The van der Waals surface area contributed by atoms with Crippen molar-refractivity contribution in [2.24, 2.45) is 11.7 Å². The molecule has 96 valence electrons. The van der Waals surface area contributed by atoms with E-state index in [1.54, 1.807) is 6.20 Å². The van der Waals surface area contributed by atoms with E-state index in [2.05, 4.69) is 22.9 Å². The van der Waals surface area contributed by atoms with Crippen molar-refractivity contribution in [3.63, 3.8) is 0 Å². The van der Waals surface area contributed by atoms with Gasteiger partial charge in [-0.1, -0.05) is 6.07 Å². The van der Waals surface area contributed by atoms with Crippen LogP contribution in [0, 0.1) is 17.2 Å². The number of hydrogen-bond donors (Lipinski definition) is 1. The Morgan fingerprint density at radius 2 is 2.28 bits per heavy atom.